The number of nitrogens with one attached hydrogen (secondary N) is 1. The second kappa shape index (κ2) is 5.98. The molecule has 0 radical (unpaired) electrons. The van der Waals surface area contributed by atoms with Crippen molar-refractivity contribution < 1.29 is 4.79 Å². The van der Waals surface area contributed by atoms with E-state index < -0.39 is 6.04 Å². The molecule has 1 heterocycles. The summed E-state index contributed by atoms with van der Waals surface area (Å²) in [5.41, 5.74) is 0.876. The van der Waals surface area contributed by atoms with Gasteiger partial charge in [-0.05, 0) is 31.2 Å². The van der Waals surface area contributed by atoms with Crippen LogP contribution < -0.4 is 10.2 Å². The molecule has 1 saturated heterocycles. The van der Waals surface area contributed by atoms with Crippen LogP contribution in [0.5, 0.6) is 0 Å². The van der Waals surface area contributed by atoms with Gasteiger partial charge in [0.05, 0.1) is 12.5 Å². The molecule has 1 N–H and O–H groups in total. The van der Waals surface area contributed by atoms with E-state index in [1.54, 1.807) is 4.90 Å². The van der Waals surface area contributed by atoms with Gasteiger partial charge in [0.25, 0.3) is 0 Å². The highest BCUT2D eigenvalue weighted by Crippen LogP contribution is 2.22. The first-order chi connectivity index (χ1) is 8.72. The number of rotatable bonds is 2. The number of carbonyl (C=O) groups excluding carboxylic acids is 1. The quantitative estimate of drug-likeness (QED) is 0.910. The van der Waals surface area contributed by atoms with Crippen LogP contribution in [-0.2, 0) is 4.79 Å². The van der Waals surface area contributed by atoms with Crippen LogP contribution in [0.1, 0.15) is 12.8 Å². The van der Waals surface area contributed by atoms with Crippen LogP contribution in [0.25, 0.3) is 0 Å². The number of halogens is 1. The van der Waals surface area contributed by atoms with Crippen molar-refractivity contribution in [1.29, 1.82) is 5.26 Å². The Morgan fingerprint density at radius 2 is 2.39 bits per heavy atom. The number of anilines is 1. The molecule has 1 unspecified atom stereocenters. The Hall–Kier alpha value is -1.38. The SMILES string of the molecule is N#CCC1NCCCN(c2cccc(Br)c2)C1=O. The van der Waals surface area contributed by atoms with Gasteiger partial charge in [0.15, 0.2) is 0 Å². The molecule has 4 nitrogen and oxygen atoms in total. The molecule has 1 amide bonds. The number of benzene rings is 1. The summed E-state index contributed by atoms with van der Waals surface area (Å²) in [6, 6.07) is 9.34. The number of nitrogens with zero attached hydrogens (tertiary/aromatic N) is 2. The molecule has 1 aliphatic rings. The Morgan fingerprint density at radius 3 is 3.11 bits per heavy atom. The van der Waals surface area contributed by atoms with Gasteiger partial charge in [0, 0.05) is 16.7 Å². The summed E-state index contributed by atoms with van der Waals surface area (Å²) in [6.45, 7) is 1.45. The lowest BCUT2D eigenvalue weighted by Gasteiger charge is -2.23. The molecule has 1 atom stereocenters. The Balaban J connectivity index is 2.25. The van der Waals surface area contributed by atoms with Gasteiger partial charge < -0.3 is 10.2 Å². The van der Waals surface area contributed by atoms with Crippen molar-refractivity contribution in [2.24, 2.45) is 0 Å². The average molecular weight is 308 g/mol. The van der Waals surface area contributed by atoms with Crippen LogP contribution in [0.4, 0.5) is 5.69 Å². The monoisotopic (exact) mass is 307 g/mol. The van der Waals surface area contributed by atoms with Crippen LogP contribution in [0.2, 0.25) is 0 Å². The van der Waals surface area contributed by atoms with Crippen LogP contribution in [-0.4, -0.2) is 25.0 Å². The normalized spacial score (nSPS) is 20.3. The first kappa shape index (κ1) is 13.1. The predicted octanol–water partition coefficient (Wildman–Crippen LogP) is 2.06. The second-order valence-electron chi connectivity index (χ2n) is 4.19. The smallest absolute Gasteiger partial charge is 0.245 e. The fourth-order valence-electron chi connectivity index (χ4n) is 2.05. The highest BCUT2D eigenvalue weighted by molar-refractivity contribution is 9.10. The van der Waals surface area contributed by atoms with Gasteiger partial charge in [0.1, 0.15) is 6.04 Å². The fraction of sp³-hybridized carbons (Fsp3) is 0.385. The lowest BCUT2D eigenvalue weighted by molar-refractivity contribution is -0.120. The fourth-order valence-corrected chi connectivity index (χ4v) is 2.44. The van der Waals surface area contributed by atoms with Gasteiger partial charge in [-0.3, -0.25) is 4.79 Å². The van der Waals surface area contributed by atoms with Gasteiger partial charge in [-0.1, -0.05) is 22.0 Å². The van der Waals surface area contributed by atoms with Gasteiger partial charge in [-0.15, -0.1) is 0 Å². The molecular formula is C13H14BrN3O. The van der Waals surface area contributed by atoms with E-state index in [9.17, 15) is 4.79 Å². The minimum absolute atomic E-state index is 0.0212. The van der Waals surface area contributed by atoms with E-state index in [0.29, 0.717) is 6.54 Å². The van der Waals surface area contributed by atoms with Gasteiger partial charge in [-0.2, -0.15) is 5.26 Å². The van der Waals surface area contributed by atoms with Crippen molar-refractivity contribution >= 4 is 27.5 Å². The van der Waals surface area contributed by atoms with E-state index in [4.69, 9.17) is 5.26 Å². The maximum Gasteiger partial charge on any atom is 0.245 e. The molecule has 94 valence electrons. The number of carbonyl (C=O) groups is 1. The van der Waals surface area contributed by atoms with Crippen LogP contribution >= 0.6 is 15.9 Å². The lowest BCUT2D eigenvalue weighted by Crippen LogP contribution is -2.43. The van der Waals surface area contributed by atoms with E-state index in [1.165, 1.54) is 0 Å². The second-order valence-corrected chi connectivity index (χ2v) is 5.11. The van der Waals surface area contributed by atoms with Crippen LogP contribution in [0.3, 0.4) is 0 Å². The molecule has 0 saturated carbocycles. The third kappa shape index (κ3) is 2.89. The lowest BCUT2D eigenvalue weighted by atomic mass is 10.2. The highest BCUT2D eigenvalue weighted by atomic mass is 79.9. The summed E-state index contributed by atoms with van der Waals surface area (Å²) < 4.78 is 0.946. The molecule has 5 heteroatoms. The van der Waals surface area contributed by atoms with Crippen molar-refractivity contribution in [3.8, 4) is 6.07 Å². The van der Waals surface area contributed by atoms with Gasteiger partial charge in [-0.25, -0.2) is 0 Å². The third-order valence-electron chi connectivity index (χ3n) is 2.93. The minimum atomic E-state index is -0.392. The zero-order valence-corrected chi connectivity index (χ0v) is 11.5. The molecule has 0 bridgehead atoms. The first-order valence-electron chi connectivity index (χ1n) is 5.89. The molecule has 0 aliphatic carbocycles. The molecular weight excluding hydrogens is 294 g/mol. The summed E-state index contributed by atoms with van der Waals surface area (Å²) in [5, 5.41) is 11.9. The van der Waals surface area contributed by atoms with Crippen molar-refractivity contribution in [2.75, 3.05) is 18.0 Å². The van der Waals surface area contributed by atoms with E-state index >= 15 is 0 Å². The first-order valence-corrected chi connectivity index (χ1v) is 6.69. The van der Waals surface area contributed by atoms with Crippen LogP contribution in [0, 0.1) is 11.3 Å². The summed E-state index contributed by atoms with van der Waals surface area (Å²) in [6.07, 6.45) is 1.10. The molecule has 18 heavy (non-hydrogen) atoms. The highest BCUT2D eigenvalue weighted by Gasteiger charge is 2.27. The zero-order valence-electron chi connectivity index (χ0n) is 9.90. The average Bonchev–Trinajstić information content (AvgIpc) is 2.53. The minimum Gasteiger partial charge on any atom is -0.311 e. The maximum atomic E-state index is 12.3. The molecule has 0 spiro atoms. The summed E-state index contributed by atoms with van der Waals surface area (Å²) >= 11 is 3.41. The van der Waals surface area contributed by atoms with E-state index in [2.05, 4.69) is 27.3 Å². The van der Waals surface area contributed by atoms with Gasteiger partial charge in [0.2, 0.25) is 5.91 Å². The zero-order chi connectivity index (χ0) is 13.0. The van der Waals surface area contributed by atoms with Crippen molar-refractivity contribution in [1.82, 2.24) is 5.32 Å². The topological polar surface area (TPSA) is 56.1 Å². The van der Waals surface area contributed by atoms with E-state index in [1.807, 2.05) is 24.3 Å². The third-order valence-corrected chi connectivity index (χ3v) is 3.42. The molecule has 1 fully saturated rings. The Labute approximate surface area is 115 Å². The number of amides is 1. The van der Waals surface area contributed by atoms with E-state index in [0.717, 1.165) is 23.1 Å². The molecule has 1 aromatic rings. The summed E-state index contributed by atoms with van der Waals surface area (Å²) in [7, 11) is 0. The van der Waals surface area contributed by atoms with Crippen molar-refractivity contribution in [3.05, 3.63) is 28.7 Å². The number of hydrogen-bond acceptors (Lipinski definition) is 3. The van der Waals surface area contributed by atoms with Crippen molar-refractivity contribution in [2.45, 2.75) is 18.9 Å². The van der Waals surface area contributed by atoms with Crippen LogP contribution in [0.15, 0.2) is 28.7 Å². The van der Waals surface area contributed by atoms with Gasteiger partial charge >= 0.3 is 0 Å². The standard InChI is InChI=1S/C13H14BrN3O/c14-10-3-1-4-11(9-10)17-8-2-7-16-12(5-6-15)13(17)18/h1,3-4,9,12,16H,2,5,7-8H2. The van der Waals surface area contributed by atoms with Crippen molar-refractivity contribution in [3.63, 3.8) is 0 Å². The largest absolute Gasteiger partial charge is 0.311 e. The maximum absolute atomic E-state index is 12.3. The summed E-state index contributed by atoms with van der Waals surface area (Å²) in [5.74, 6) is -0.0212. The Morgan fingerprint density at radius 1 is 1.56 bits per heavy atom. The molecule has 1 aromatic carbocycles. The number of hydrogen-bond donors (Lipinski definition) is 1. The summed E-state index contributed by atoms with van der Waals surface area (Å²) in [4.78, 5) is 14.1. The predicted molar refractivity (Wildman–Crippen MR) is 73.1 cm³/mol. The number of nitriles is 1. The molecule has 0 aromatic heterocycles. The molecule has 2 rings (SSSR count). The molecule has 1 aliphatic heterocycles. The Bertz CT molecular complexity index is 483. The van der Waals surface area contributed by atoms with E-state index in [-0.39, 0.29) is 12.3 Å². The Kier molecular flexibility index (Phi) is 4.34.